The minimum absolute atomic E-state index is 0.0292. The fraction of sp³-hybridized carbons (Fsp3) is 0.579. The number of nitrogens with one attached hydrogen (secondary N) is 1. The lowest BCUT2D eigenvalue weighted by Gasteiger charge is -2.18. The Hall–Kier alpha value is -1.84. The minimum Gasteiger partial charge on any atom is -0.481 e. The molecule has 0 aromatic heterocycles. The third-order valence-electron chi connectivity index (χ3n) is 5.38. The lowest BCUT2D eigenvalue weighted by atomic mass is 9.97. The molecule has 1 aromatic carbocycles. The summed E-state index contributed by atoms with van der Waals surface area (Å²) in [4.78, 5) is 23.5. The molecular weight excluding hydrogens is 290 g/mol. The van der Waals surface area contributed by atoms with E-state index in [1.807, 2.05) is 0 Å². The van der Waals surface area contributed by atoms with Crippen LogP contribution in [0.25, 0.3) is 0 Å². The molecule has 1 fully saturated rings. The average Bonchev–Trinajstić information content (AvgIpc) is 3.14. The maximum Gasteiger partial charge on any atom is 0.306 e. The molecule has 1 aromatic rings. The smallest absolute Gasteiger partial charge is 0.306 e. The molecule has 0 aliphatic heterocycles. The molecule has 1 unspecified atom stereocenters. The quantitative estimate of drug-likeness (QED) is 0.894. The zero-order chi connectivity index (χ0) is 16.6. The predicted molar refractivity (Wildman–Crippen MR) is 88.2 cm³/mol. The summed E-state index contributed by atoms with van der Waals surface area (Å²) in [6, 6.07) is 6.68. The van der Waals surface area contributed by atoms with Crippen LogP contribution in [-0.4, -0.2) is 17.0 Å². The molecule has 0 radical (unpaired) electrons. The van der Waals surface area contributed by atoms with Gasteiger partial charge in [0.15, 0.2) is 0 Å². The van der Waals surface area contributed by atoms with Crippen LogP contribution in [0.15, 0.2) is 18.2 Å². The van der Waals surface area contributed by atoms with E-state index in [-0.39, 0.29) is 23.8 Å². The highest BCUT2D eigenvalue weighted by molar-refractivity contribution is 5.81. The summed E-state index contributed by atoms with van der Waals surface area (Å²) in [5.41, 5.74) is 3.88. The van der Waals surface area contributed by atoms with Gasteiger partial charge in [-0.1, -0.05) is 32.0 Å². The number of carboxylic acids is 1. The minimum atomic E-state index is -0.770. The summed E-state index contributed by atoms with van der Waals surface area (Å²) >= 11 is 0. The van der Waals surface area contributed by atoms with Gasteiger partial charge in [-0.2, -0.15) is 0 Å². The lowest BCUT2D eigenvalue weighted by Crippen LogP contribution is -2.32. The Morgan fingerprint density at radius 2 is 1.91 bits per heavy atom. The van der Waals surface area contributed by atoms with Gasteiger partial charge in [0.2, 0.25) is 5.91 Å². The van der Waals surface area contributed by atoms with Gasteiger partial charge in [-0.05, 0) is 54.7 Å². The number of carboxylic acid groups (broad SMARTS) is 1. The molecule has 3 atom stereocenters. The summed E-state index contributed by atoms with van der Waals surface area (Å²) in [6.07, 6.45) is 3.73. The van der Waals surface area contributed by atoms with Crippen LogP contribution < -0.4 is 5.32 Å². The van der Waals surface area contributed by atoms with Crippen LogP contribution >= 0.6 is 0 Å². The van der Waals surface area contributed by atoms with Crippen molar-refractivity contribution in [3.63, 3.8) is 0 Å². The van der Waals surface area contributed by atoms with Gasteiger partial charge in [-0.15, -0.1) is 0 Å². The van der Waals surface area contributed by atoms with Crippen molar-refractivity contribution >= 4 is 11.9 Å². The summed E-state index contributed by atoms with van der Waals surface area (Å²) in [7, 11) is 0. The second kappa shape index (κ2) is 6.34. The molecule has 4 nitrogen and oxygen atoms in total. The first kappa shape index (κ1) is 16.0. The van der Waals surface area contributed by atoms with E-state index in [1.165, 1.54) is 16.7 Å². The van der Waals surface area contributed by atoms with Crippen molar-refractivity contribution < 1.29 is 14.7 Å². The first-order valence-electron chi connectivity index (χ1n) is 8.61. The van der Waals surface area contributed by atoms with Crippen molar-refractivity contribution in [3.05, 3.63) is 34.9 Å². The van der Waals surface area contributed by atoms with Gasteiger partial charge in [0.25, 0.3) is 0 Å². The van der Waals surface area contributed by atoms with E-state index in [1.54, 1.807) is 0 Å². The number of carbonyl (C=O) groups excluding carboxylic acids is 1. The summed E-state index contributed by atoms with van der Waals surface area (Å²) < 4.78 is 0. The molecule has 1 amide bonds. The molecule has 3 rings (SSSR count). The summed E-state index contributed by atoms with van der Waals surface area (Å²) in [5.74, 6) is -0.763. The Balaban J connectivity index is 1.68. The summed E-state index contributed by atoms with van der Waals surface area (Å²) in [6.45, 7) is 4.35. The molecule has 0 heterocycles. The maximum absolute atomic E-state index is 12.5. The van der Waals surface area contributed by atoms with Gasteiger partial charge in [-0.3, -0.25) is 9.59 Å². The van der Waals surface area contributed by atoms with E-state index >= 15 is 0 Å². The predicted octanol–water partition coefficient (Wildman–Crippen LogP) is 3.41. The largest absolute Gasteiger partial charge is 0.481 e. The SMILES string of the molecule is CC(C)c1ccc2c(c1)C(NC(=O)[C@@H]1CC[C@H](C(=O)O)C1)CC2. The Bertz CT molecular complexity index is 623. The molecule has 0 spiro atoms. The van der Waals surface area contributed by atoms with E-state index in [0.29, 0.717) is 25.2 Å². The second-order valence-electron chi connectivity index (χ2n) is 7.26. The fourth-order valence-corrected chi connectivity index (χ4v) is 3.86. The Labute approximate surface area is 137 Å². The highest BCUT2D eigenvalue weighted by Crippen LogP contribution is 2.35. The van der Waals surface area contributed by atoms with Crippen LogP contribution in [0.1, 0.15) is 68.2 Å². The van der Waals surface area contributed by atoms with Crippen molar-refractivity contribution in [2.24, 2.45) is 11.8 Å². The van der Waals surface area contributed by atoms with Crippen molar-refractivity contribution in [2.45, 2.75) is 57.9 Å². The van der Waals surface area contributed by atoms with E-state index in [9.17, 15) is 9.59 Å². The molecule has 0 bridgehead atoms. The molecule has 23 heavy (non-hydrogen) atoms. The Kier molecular flexibility index (Phi) is 4.42. The molecular formula is C19H25NO3. The number of rotatable bonds is 4. The Morgan fingerprint density at radius 1 is 1.17 bits per heavy atom. The van der Waals surface area contributed by atoms with Crippen molar-refractivity contribution in [1.82, 2.24) is 5.32 Å². The van der Waals surface area contributed by atoms with Gasteiger partial charge < -0.3 is 10.4 Å². The first-order chi connectivity index (χ1) is 11.0. The van der Waals surface area contributed by atoms with E-state index in [0.717, 1.165) is 12.8 Å². The maximum atomic E-state index is 12.5. The van der Waals surface area contributed by atoms with Crippen LogP contribution in [0, 0.1) is 11.8 Å². The van der Waals surface area contributed by atoms with Gasteiger partial charge >= 0.3 is 5.97 Å². The number of aliphatic carboxylic acids is 1. The van der Waals surface area contributed by atoms with Crippen LogP contribution in [-0.2, 0) is 16.0 Å². The third kappa shape index (κ3) is 3.26. The van der Waals surface area contributed by atoms with Crippen molar-refractivity contribution in [3.8, 4) is 0 Å². The number of aryl methyl sites for hydroxylation is 1. The topological polar surface area (TPSA) is 66.4 Å². The monoisotopic (exact) mass is 315 g/mol. The van der Waals surface area contributed by atoms with Crippen LogP contribution in [0.2, 0.25) is 0 Å². The van der Waals surface area contributed by atoms with Crippen LogP contribution in [0.4, 0.5) is 0 Å². The van der Waals surface area contributed by atoms with Gasteiger partial charge in [-0.25, -0.2) is 0 Å². The number of amides is 1. The molecule has 124 valence electrons. The van der Waals surface area contributed by atoms with Crippen LogP contribution in [0.3, 0.4) is 0 Å². The number of fused-ring (bicyclic) bond motifs is 1. The van der Waals surface area contributed by atoms with Crippen molar-refractivity contribution in [2.75, 3.05) is 0 Å². The molecule has 2 aliphatic carbocycles. The normalized spacial score (nSPS) is 26.3. The lowest BCUT2D eigenvalue weighted by molar-refractivity contribution is -0.141. The standard InChI is InChI=1S/C19H25NO3/c1-11(2)13-4-3-12-7-8-17(16(12)10-13)20-18(21)14-5-6-15(9-14)19(22)23/h3-4,10-11,14-15,17H,5-9H2,1-2H3,(H,20,21)(H,22,23)/t14-,15+,17?/m1/s1. The van der Waals surface area contributed by atoms with Crippen molar-refractivity contribution in [1.29, 1.82) is 0 Å². The highest BCUT2D eigenvalue weighted by atomic mass is 16.4. The third-order valence-corrected chi connectivity index (χ3v) is 5.38. The van der Waals surface area contributed by atoms with Gasteiger partial charge in [0.05, 0.1) is 12.0 Å². The highest BCUT2D eigenvalue weighted by Gasteiger charge is 2.35. The number of hydrogen-bond acceptors (Lipinski definition) is 2. The second-order valence-corrected chi connectivity index (χ2v) is 7.26. The molecule has 2 aliphatic rings. The van der Waals surface area contributed by atoms with Gasteiger partial charge in [0.1, 0.15) is 0 Å². The number of benzene rings is 1. The van der Waals surface area contributed by atoms with E-state index in [2.05, 4.69) is 37.4 Å². The van der Waals surface area contributed by atoms with Gasteiger partial charge in [0, 0.05) is 5.92 Å². The number of carbonyl (C=O) groups is 2. The van der Waals surface area contributed by atoms with E-state index < -0.39 is 5.97 Å². The average molecular weight is 315 g/mol. The molecule has 4 heteroatoms. The molecule has 2 N–H and O–H groups in total. The fourth-order valence-electron chi connectivity index (χ4n) is 3.86. The number of hydrogen-bond donors (Lipinski definition) is 2. The zero-order valence-electron chi connectivity index (χ0n) is 13.8. The Morgan fingerprint density at radius 3 is 2.57 bits per heavy atom. The zero-order valence-corrected chi connectivity index (χ0v) is 13.8. The van der Waals surface area contributed by atoms with Crippen LogP contribution in [0.5, 0.6) is 0 Å². The molecule has 1 saturated carbocycles. The first-order valence-corrected chi connectivity index (χ1v) is 8.61. The molecule has 0 saturated heterocycles. The van der Waals surface area contributed by atoms with E-state index in [4.69, 9.17) is 5.11 Å². The summed E-state index contributed by atoms with van der Waals surface area (Å²) in [5, 5.41) is 12.2.